The molecule has 0 bridgehead atoms. The van der Waals surface area contributed by atoms with Crippen LogP contribution in [-0.4, -0.2) is 43.3 Å². The Bertz CT molecular complexity index is 435. The van der Waals surface area contributed by atoms with Gasteiger partial charge in [0.25, 0.3) is 0 Å². The van der Waals surface area contributed by atoms with Gasteiger partial charge >= 0.3 is 5.97 Å². The summed E-state index contributed by atoms with van der Waals surface area (Å²) in [6.07, 6.45) is 0.231. The molecule has 6 nitrogen and oxygen atoms in total. The minimum Gasteiger partial charge on any atom is -0.493 e. The third kappa shape index (κ3) is 7.75. The maximum atomic E-state index is 11.4. The summed E-state index contributed by atoms with van der Waals surface area (Å²) in [5.41, 5.74) is 0. The van der Waals surface area contributed by atoms with Crippen molar-refractivity contribution in [2.45, 2.75) is 6.42 Å². The molecular weight excluding hydrogens is 330 g/mol. The van der Waals surface area contributed by atoms with Crippen molar-refractivity contribution in [3.8, 4) is 5.75 Å². The molecule has 0 fully saturated rings. The molecule has 1 amide bonds. The van der Waals surface area contributed by atoms with Crippen LogP contribution in [0.1, 0.15) is 6.42 Å². The lowest BCUT2D eigenvalue weighted by molar-refractivity contribution is -0.142. The standard InChI is InChI=1S/C13H16BrNO5/c14-10-1-3-11(4-2-10)20-7-5-12(16)15-6-8-19-9-13(17)18/h1-4H,5-9H2,(H,15,16)(H,17,18). The van der Waals surface area contributed by atoms with Crippen molar-refractivity contribution in [2.24, 2.45) is 0 Å². The second-order valence-corrected chi connectivity index (χ2v) is 4.76. The normalized spacial score (nSPS) is 10.1. The maximum absolute atomic E-state index is 11.4. The van der Waals surface area contributed by atoms with Crippen LogP contribution in [-0.2, 0) is 14.3 Å². The highest BCUT2D eigenvalue weighted by atomic mass is 79.9. The fourth-order valence-electron chi connectivity index (χ4n) is 1.30. The molecule has 1 rings (SSSR count). The van der Waals surface area contributed by atoms with E-state index in [1.165, 1.54) is 0 Å². The molecule has 20 heavy (non-hydrogen) atoms. The highest BCUT2D eigenvalue weighted by Gasteiger charge is 2.02. The number of carbonyl (C=O) groups is 2. The molecule has 0 heterocycles. The number of rotatable bonds is 9. The van der Waals surface area contributed by atoms with Crippen molar-refractivity contribution in [1.82, 2.24) is 5.32 Å². The Morgan fingerprint density at radius 1 is 1.20 bits per heavy atom. The molecule has 0 saturated carbocycles. The summed E-state index contributed by atoms with van der Waals surface area (Å²) in [5.74, 6) is -0.494. The molecule has 0 aliphatic rings. The average molecular weight is 346 g/mol. The van der Waals surface area contributed by atoms with Crippen molar-refractivity contribution >= 4 is 27.8 Å². The number of carbonyl (C=O) groups excluding carboxylic acids is 1. The first kappa shape index (κ1) is 16.5. The number of hydrogen-bond donors (Lipinski definition) is 2. The molecule has 0 unspecified atom stereocenters. The Labute approximate surface area is 125 Å². The first-order chi connectivity index (χ1) is 9.58. The molecule has 1 aromatic rings. The van der Waals surface area contributed by atoms with E-state index in [4.69, 9.17) is 14.6 Å². The number of aliphatic carboxylic acids is 1. The van der Waals surface area contributed by atoms with Gasteiger partial charge in [-0.05, 0) is 24.3 Å². The van der Waals surface area contributed by atoms with Crippen LogP contribution in [0.4, 0.5) is 0 Å². The van der Waals surface area contributed by atoms with Gasteiger partial charge in [0.15, 0.2) is 0 Å². The van der Waals surface area contributed by atoms with Gasteiger partial charge in [-0.25, -0.2) is 4.79 Å². The zero-order valence-electron chi connectivity index (χ0n) is 10.8. The summed E-state index contributed by atoms with van der Waals surface area (Å²) in [7, 11) is 0. The molecule has 110 valence electrons. The number of halogens is 1. The zero-order valence-corrected chi connectivity index (χ0v) is 12.4. The number of carboxylic acid groups (broad SMARTS) is 1. The number of benzene rings is 1. The van der Waals surface area contributed by atoms with Gasteiger partial charge in [0.1, 0.15) is 12.4 Å². The predicted octanol–water partition coefficient (Wildman–Crippen LogP) is 1.44. The van der Waals surface area contributed by atoms with Crippen LogP contribution in [0, 0.1) is 0 Å². The van der Waals surface area contributed by atoms with Crippen molar-refractivity contribution in [3.05, 3.63) is 28.7 Å². The summed E-state index contributed by atoms with van der Waals surface area (Å²) < 4.78 is 11.1. The molecule has 0 aliphatic heterocycles. The Morgan fingerprint density at radius 3 is 2.55 bits per heavy atom. The van der Waals surface area contributed by atoms with E-state index < -0.39 is 5.97 Å². The van der Waals surface area contributed by atoms with Gasteiger partial charge in [0.05, 0.1) is 19.6 Å². The topological polar surface area (TPSA) is 84.9 Å². The number of amides is 1. The first-order valence-corrected chi connectivity index (χ1v) is 6.82. The molecule has 0 atom stereocenters. The summed E-state index contributed by atoms with van der Waals surface area (Å²) in [6.45, 7) is 0.377. The van der Waals surface area contributed by atoms with Gasteiger partial charge in [0.2, 0.25) is 5.91 Å². The van der Waals surface area contributed by atoms with Crippen molar-refractivity contribution in [3.63, 3.8) is 0 Å². The summed E-state index contributed by atoms with van der Waals surface area (Å²) >= 11 is 3.32. The van der Waals surface area contributed by atoms with Crippen LogP contribution in [0.15, 0.2) is 28.7 Å². The molecule has 1 aromatic carbocycles. The molecule has 0 radical (unpaired) electrons. The Balaban J connectivity index is 2.05. The van der Waals surface area contributed by atoms with Gasteiger partial charge in [-0.3, -0.25) is 4.79 Å². The third-order valence-corrected chi connectivity index (χ3v) is 2.73. The molecule has 0 aliphatic carbocycles. The van der Waals surface area contributed by atoms with Gasteiger partial charge in [-0.15, -0.1) is 0 Å². The van der Waals surface area contributed by atoms with E-state index in [2.05, 4.69) is 21.2 Å². The molecular formula is C13H16BrNO5. The first-order valence-electron chi connectivity index (χ1n) is 6.02. The minimum absolute atomic E-state index is 0.166. The van der Waals surface area contributed by atoms with Crippen LogP contribution < -0.4 is 10.1 Å². The lowest BCUT2D eigenvalue weighted by Crippen LogP contribution is -2.29. The largest absolute Gasteiger partial charge is 0.493 e. The van der Waals surface area contributed by atoms with Gasteiger partial charge in [-0.2, -0.15) is 0 Å². The fourth-order valence-corrected chi connectivity index (χ4v) is 1.57. The van der Waals surface area contributed by atoms with E-state index in [1.807, 2.05) is 24.3 Å². The lowest BCUT2D eigenvalue weighted by atomic mass is 10.3. The second-order valence-electron chi connectivity index (χ2n) is 3.85. The molecule has 0 spiro atoms. The van der Waals surface area contributed by atoms with Crippen molar-refractivity contribution in [1.29, 1.82) is 0 Å². The van der Waals surface area contributed by atoms with Crippen LogP contribution in [0.25, 0.3) is 0 Å². The number of carboxylic acids is 1. The van der Waals surface area contributed by atoms with E-state index in [9.17, 15) is 9.59 Å². The predicted molar refractivity (Wildman–Crippen MR) is 75.7 cm³/mol. The molecule has 0 aromatic heterocycles. The second kappa shape index (κ2) is 9.33. The Hall–Kier alpha value is -1.60. The number of nitrogens with one attached hydrogen (secondary N) is 1. The summed E-state index contributed by atoms with van der Waals surface area (Å²) in [4.78, 5) is 21.6. The van der Waals surface area contributed by atoms with E-state index >= 15 is 0 Å². The van der Waals surface area contributed by atoms with Crippen molar-refractivity contribution < 1.29 is 24.2 Å². The van der Waals surface area contributed by atoms with Crippen LogP contribution in [0.2, 0.25) is 0 Å². The Morgan fingerprint density at radius 2 is 1.90 bits per heavy atom. The van der Waals surface area contributed by atoms with Crippen LogP contribution >= 0.6 is 15.9 Å². The number of hydrogen-bond acceptors (Lipinski definition) is 4. The van der Waals surface area contributed by atoms with E-state index in [-0.39, 0.29) is 38.7 Å². The minimum atomic E-state index is -1.03. The van der Waals surface area contributed by atoms with E-state index in [0.717, 1.165) is 4.47 Å². The zero-order chi connectivity index (χ0) is 14.8. The molecule has 0 saturated heterocycles. The van der Waals surface area contributed by atoms with Gasteiger partial charge in [0, 0.05) is 11.0 Å². The fraction of sp³-hybridized carbons (Fsp3) is 0.385. The monoisotopic (exact) mass is 345 g/mol. The smallest absolute Gasteiger partial charge is 0.329 e. The molecule has 2 N–H and O–H groups in total. The van der Waals surface area contributed by atoms with Crippen molar-refractivity contribution in [2.75, 3.05) is 26.4 Å². The highest BCUT2D eigenvalue weighted by Crippen LogP contribution is 2.15. The van der Waals surface area contributed by atoms with E-state index in [1.54, 1.807) is 0 Å². The number of ether oxygens (including phenoxy) is 2. The lowest BCUT2D eigenvalue weighted by Gasteiger charge is -2.07. The summed E-state index contributed by atoms with van der Waals surface area (Å²) in [6, 6.07) is 7.33. The molecule has 7 heteroatoms. The SMILES string of the molecule is O=C(O)COCCNC(=O)CCOc1ccc(Br)cc1. The quantitative estimate of drug-likeness (QED) is 0.661. The average Bonchev–Trinajstić information content (AvgIpc) is 2.40. The highest BCUT2D eigenvalue weighted by molar-refractivity contribution is 9.10. The van der Waals surface area contributed by atoms with Gasteiger partial charge < -0.3 is 19.9 Å². The van der Waals surface area contributed by atoms with Crippen LogP contribution in [0.5, 0.6) is 5.75 Å². The maximum Gasteiger partial charge on any atom is 0.329 e. The van der Waals surface area contributed by atoms with Crippen LogP contribution in [0.3, 0.4) is 0 Å². The Kier molecular flexibility index (Phi) is 7.67. The summed E-state index contributed by atoms with van der Waals surface area (Å²) in [5, 5.41) is 10.9. The van der Waals surface area contributed by atoms with E-state index in [0.29, 0.717) is 5.75 Å². The van der Waals surface area contributed by atoms with Gasteiger partial charge in [-0.1, -0.05) is 15.9 Å². The third-order valence-electron chi connectivity index (χ3n) is 2.21.